The molecule has 1 heterocycles. The molecule has 0 aromatic carbocycles. The summed E-state index contributed by atoms with van der Waals surface area (Å²) >= 11 is 5.51. The van der Waals surface area contributed by atoms with Gasteiger partial charge < -0.3 is 5.73 Å². The Balaban J connectivity index is 2.48. The standard InChI is InChI=1S/C10H19ClN2/c1-9-4-2-6-13(7-3-5-11)10(9)8-12/h3,5,9-10H,2,4,6-8,12H2,1H3. The Morgan fingerprint density at radius 1 is 1.62 bits per heavy atom. The maximum atomic E-state index is 5.76. The number of halogens is 1. The summed E-state index contributed by atoms with van der Waals surface area (Å²) in [4.78, 5) is 2.42. The quantitative estimate of drug-likeness (QED) is 0.757. The summed E-state index contributed by atoms with van der Waals surface area (Å²) in [6, 6.07) is 0.543. The second kappa shape index (κ2) is 5.63. The van der Waals surface area contributed by atoms with E-state index < -0.39 is 0 Å². The fourth-order valence-electron chi connectivity index (χ4n) is 2.12. The molecule has 3 heteroatoms. The molecular formula is C10H19ClN2. The van der Waals surface area contributed by atoms with E-state index in [1.54, 1.807) is 5.54 Å². The zero-order valence-electron chi connectivity index (χ0n) is 8.25. The first-order chi connectivity index (χ1) is 6.29. The SMILES string of the molecule is CC1CCCN(CC=CCl)C1CN. The van der Waals surface area contributed by atoms with Crippen LogP contribution in [0.3, 0.4) is 0 Å². The molecule has 0 aromatic rings. The number of likely N-dealkylation sites (tertiary alicyclic amines) is 1. The van der Waals surface area contributed by atoms with E-state index >= 15 is 0 Å². The van der Waals surface area contributed by atoms with Crippen LogP contribution in [0, 0.1) is 5.92 Å². The van der Waals surface area contributed by atoms with Crippen molar-refractivity contribution < 1.29 is 0 Å². The Morgan fingerprint density at radius 2 is 2.38 bits per heavy atom. The summed E-state index contributed by atoms with van der Waals surface area (Å²) in [5.74, 6) is 0.725. The maximum Gasteiger partial charge on any atom is 0.0247 e. The summed E-state index contributed by atoms with van der Waals surface area (Å²) < 4.78 is 0. The molecule has 13 heavy (non-hydrogen) atoms. The van der Waals surface area contributed by atoms with Gasteiger partial charge in [0.15, 0.2) is 0 Å². The number of piperidine rings is 1. The van der Waals surface area contributed by atoms with E-state index in [2.05, 4.69) is 11.8 Å². The number of nitrogens with zero attached hydrogens (tertiary/aromatic N) is 1. The van der Waals surface area contributed by atoms with Crippen LogP contribution in [0.2, 0.25) is 0 Å². The molecule has 0 amide bonds. The van der Waals surface area contributed by atoms with Gasteiger partial charge in [-0.05, 0) is 25.3 Å². The van der Waals surface area contributed by atoms with Crippen LogP contribution in [0.1, 0.15) is 19.8 Å². The predicted octanol–water partition coefficient (Wildman–Crippen LogP) is 1.80. The number of hydrogen-bond donors (Lipinski definition) is 1. The second-order valence-corrected chi connectivity index (χ2v) is 4.03. The van der Waals surface area contributed by atoms with Crippen molar-refractivity contribution in [2.24, 2.45) is 11.7 Å². The molecule has 1 saturated heterocycles. The number of rotatable bonds is 3. The summed E-state index contributed by atoms with van der Waals surface area (Å²) in [6.07, 6.45) is 4.58. The molecule has 76 valence electrons. The van der Waals surface area contributed by atoms with Crippen molar-refractivity contribution in [3.8, 4) is 0 Å². The monoisotopic (exact) mass is 202 g/mol. The van der Waals surface area contributed by atoms with E-state index in [4.69, 9.17) is 17.3 Å². The van der Waals surface area contributed by atoms with Crippen LogP contribution in [0.5, 0.6) is 0 Å². The summed E-state index contributed by atoms with van der Waals surface area (Å²) in [6.45, 7) is 5.15. The van der Waals surface area contributed by atoms with Crippen LogP contribution < -0.4 is 5.73 Å². The maximum absolute atomic E-state index is 5.76. The van der Waals surface area contributed by atoms with Crippen molar-refractivity contribution in [2.45, 2.75) is 25.8 Å². The van der Waals surface area contributed by atoms with Gasteiger partial charge in [-0.2, -0.15) is 0 Å². The number of nitrogens with two attached hydrogens (primary N) is 1. The Morgan fingerprint density at radius 3 is 3.00 bits per heavy atom. The fourth-order valence-corrected chi connectivity index (χ4v) is 2.20. The van der Waals surface area contributed by atoms with Gasteiger partial charge in [-0.15, -0.1) is 0 Å². The molecular weight excluding hydrogens is 184 g/mol. The van der Waals surface area contributed by atoms with E-state index in [0.29, 0.717) is 6.04 Å². The highest BCUT2D eigenvalue weighted by Gasteiger charge is 2.25. The highest BCUT2D eigenvalue weighted by Crippen LogP contribution is 2.22. The van der Waals surface area contributed by atoms with Gasteiger partial charge in [0, 0.05) is 24.7 Å². The van der Waals surface area contributed by atoms with Crippen molar-refractivity contribution in [1.29, 1.82) is 0 Å². The van der Waals surface area contributed by atoms with E-state index in [9.17, 15) is 0 Å². The summed E-state index contributed by atoms with van der Waals surface area (Å²) in [5.41, 5.74) is 7.35. The minimum atomic E-state index is 0.543. The van der Waals surface area contributed by atoms with Crippen LogP contribution in [0.15, 0.2) is 11.6 Å². The third-order valence-corrected chi connectivity index (χ3v) is 3.08. The highest BCUT2D eigenvalue weighted by atomic mass is 35.5. The van der Waals surface area contributed by atoms with Crippen molar-refractivity contribution in [3.63, 3.8) is 0 Å². The molecule has 0 aromatic heterocycles. The Bertz CT molecular complexity index is 170. The predicted molar refractivity (Wildman–Crippen MR) is 57.8 cm³/mol. The lowest BCUT2D eigenvalue weighted by molar-refractivity contribution is 0.120. The van der Waals surface area contributed by atoms with Crippen LogP contribution >= 0.6 is 11.6 Å². The zero-order chi connectivity index (χ0) is 9.68. The molecule has 1 aliphatic rings. The second-order valence-electron chi connectivity index (χ2n) is 3.78. The molecule has 1 aliphatic heterocycles. The van der Waals surface area contributed by atoms with Gasteiger partial charge in [0.05, 0.1) is 0 Å². The minimum absolute atomic E-state index is 0.543. The topological polar surface area (TPSA) is 29.3 Å². The number of hydrogen-bond acceptors (Lipinski definition) is 2. The Hall–Kier alpha value is -0.0500. The lowest BCUT2D eigenvalue weighted by Gasteiger charge is -2.38. The summed E-state index contributed by atoms with van der Waals surface area (Å²) in [7, 11) is 0. The molecule has 2 atom stereocenters. The lowest BCUT2D eigenvalue weighted by atomic mass is 9.91. The van der Waals surface area contributed by atoms with Gasteiger partial charge in [-0.1, -0.05) is 24.6 Å². The molecule has 2 N–H and O–H groups in total. The molecule has 0 radical (unpaired) electrons. The Labute approximate surface area is 85.7 Å². The highest BCUT2D eigenvalue weighted by molar-refractivity contribution is 6.25. The molecule has 0 aliphatic carbocycles. The minimum Gasteiger partial charge on any atom is -0.329 e. The van der Waals surface area contributed by atoms with Gasteiger partial charge in [0.25, 0.3) is 0 Å². The summed E-state index contributed by atoms with van der Waals surface area (Å²) in [5, 5.41) is 0. The van der Waals surface area contributed by atoms with Gasteiger partial charge in [0.1, 0.15) is 0 Å². The molecule has 1 fully saturated rings. The molecule has 2 unspecified atom stereocenters. The van der Waals surface area contributed by atoms with E-state index in [1.165, 1.54) is 12.8 Å². The van der Waals surface area contributed by atoms with Crippen molar-refractivity contribution in [2.75, 3.05) is 19.6 Å². The smallest absolute Gasteiger partial charge is 0.0247 e. The normalized spacial score (nSPS) is 31.3. The first-order valence-electron chi connectivity index (χ1n) is 4.99. The molecule has 0 bridgehead atoms. The van der Waals surface area contributed by atoms with Crippen molar-refractivity contribution >= 4 is 11.6 Å². The van der Waals surface area contributed by atoms with Gasteiger partial charge in [0.2, 0.25) is 0 Å². The van der Waals surface area contributed by atoms with Crippen molar-refractivity contribution in [3.05, 3.63) is 11.6 Å². The first-order valence-corrected chi connectivity index (χ1v) is 5.42. The van der Waals surface area contributed by atoms with Gasteiger partial charge >= 0.3 is 0 Å². The van der Waals surface area contributed by atoms with E-state index in [1.807, 2.05) is 6.08 Å². The third-order valence-electron chi connectivity index (χ3n) is 2.90. The van der Waals surface area contributed by atoms with E-state index in [0.717, 1.165) is 25.6 Å². The van der Waals surface area contributed by atoms with Crippen LogP contribution in [-0.2, 0) is 0 Å². The van der Waals surface area contributed by atoms with Crippen LogP contribution in [0.25, 0.3) is 0 Å². The van der Waals surface area contributed by atoms with Gasteiger partial charge in [-0.3, -0.25) is 4.90 Å². The first kappa shape index (κ1) is 11.0. The average molecular weight is 203 g/mol. The van der Waals surface area contributed by atoms with Crippen molar-refractivity contribution in [1.82, 2.24) is 4.90 Å². The lowest BCUT2D eigenvalue weighted by Crippen LogP contribution is -2.48. The molecule has 2 nitrogen and oxygen atoms in total. The zero-order valence-corrected chi connectivity index (χ0v) is 9.00. The van der Waals surface area contributed by atoms with Crippen LogP contribution in [-0.4, -0.2) is 30.6 Å². The fraction of sp³-hybridized carbons (Fsp3) is 0.800. The Kier molecular flexibility index (Phi) is 4.78. The third kappa shape index (κ3) is 2.97. The average Bonchev–Trinajstić information content (AvgIpc) is 2.15. The molecule has 0 spiro atoms. The molecule has 1 rings (SSSR count). The van der Waals surface area contributed by atoms with Crippen LogP contribution in [0.4, 0.5) is 0 Å². The van der Waals surface area contributed by atoms with Gasteiger partial charge in [-0.25, -0.2) is 0 Å². The largest absolute Gasteiger partial charge is 0.329 e. The molecule has 0 saturated carbocycles. The van der Waals surface area contributed by atoms with E-state index in [-0.39, 0.29) is 0 Å².